The molecule has 0 saturated carbocycles. The smallest absolute Gasteiger partial charge is 0.328 e. The molecular formula is C11H15O3P. The monoisotopic (exact) mass is 226 g/mol. The Morgan fingerprint density at radius 1 is 1.33 bits per heavy atom. The molecule has 1 aliphatic heterocycles. The molecule has 82 valence electrons. The molecule has 0 bridgehead atoms. The predicted octanol–water partition coefficient (Wildman–Crippen LogP) is 3.02. The maximum absolute atomic E-state index is 9.39. The molecule has 4 heteroatoms. The van der Waals surface area contributed by atoms with Gasteiger partial charge in [-0.2, -0.15) is 0 Å². The van der Waals surface area contributed by atoms with E-state index in [1.165, 1.54) is 0 Å². The fourth-order valence-electron chi connectivity index (χ4n) is 1.70. The van der Waals surface area contributed by atoms with E-state index in [1.807, 2.05) is 30.3 Å². The fraction of sp³-hybridized carbons (Fsp3) is 0.455. The maximum Gasteiger partial charge on any atom is 0.330 e. The maximum atomic E-state index is 9.39. The summed E-state index contributed by atoms with van der Waals surface area (Å²) >= 11 is 0. The van der Waals surface area contributed by atoms with Crippen LogP contribution in [-0.4, -0.2) is 11.5 Å². The summed E-state index contributed by atoms with van der Waals surface area (Å²) in [6, 6.07) is 9.95. The molecule has 2 atom stereocenters. The van der Waals surface area contributed by atoms with Crippen molar-refractivity contribution in [3.8, 4) is 0 Å². The summed E-state index contributed by atoms with van der Waals surface area (Å²) in [5.41, 5.74) is 0.982. The summed E-state index contributed by atoms with van der Waals surface area (Å²) in [5, 5.41) is 0. The number of hydrogen-bond donors (Lipinski definition) is 1. The van der Waals surface area contributed by atoms with Gasteiger partial charge in [-0.3, -0.25) is 0 Å². The lowest BCUT2D eigenvalue weighted by Crippen LogP contribution is -2.32. The summed E-state index contributed by atoms with van der Waals surface area (Å²) in [4.78, 5) is 9.39. The van der Waals surface area contributed by atoms with E-state index in [4.69, 9.17) is 9.05 Å². The molecule has 1 unspecified atom stereocenters. The van der Waals surface area contributed by atoms with Crippen molar-refractivity contribution in [2.24, 2.45) is 5.41 Å². The topological polar surface area (TPSA) is 38.7 Å². The molecule has 2 rings (SSSR count). The lowest BCUT2D eigenvalue weighted by Gasteiger charge is -2.39. The van der Waals surface area contributed by atoms with Crippen molar-refractivity contribution in [1.29, 1.82) is 0 Å². The van der Waals surface area contributed by atoms with Crippen LogP contribution < -0.4 is 0 Å². The van der Waals surface area contributed by atoms with E-state index >= 15 is 0 Å². The van der Waals surface area contributed by atoms with Crippen LogP contribution in [0, 0.1) is 5.41 Å². The van der Waals surface area contributed by atoms with Crippen LogP contribution in [-0.2, 0) is 9.05 Å². The van der Waals surface area contributed by atoms with Gasteiger partial charge in [-0.1, -0.05) is 44.2 Å². The minimum Gasteiger partial charge on any atom is -0.328 e. The molecule has 1 aromatic rings. The first-order valence-corrected chi connectivity index (χ1v) is 6.06. The summed E-state index contributed by atoms with van der Waals surface area (Å²) in [7, 11) is -1.71. The van der Waals surface area contributed by atoms with E-state index in [9.17, 15) is 4.89 Å². The van der Waals surface area contributed by atoms with Crippen LogP contribution in [0.25, 0.3) is 0 Å². The minimum atomic E-state index is -1.71. The first-order chi connectivity index (χ1) is 7.09. The SMILES string of the molecule is CC1(C)COP(O)O[C@H]1c1ccccc1. The Bertz CT molecular complexity index is 326. The quantitative estimate of drug-likeness (QED) is 0.748. The van der Waals surface area contributed by atoms with Crippen molar-refractivity contribution in [3.63, 3.8) is 0 Å². The standard InChI is InChI=1S/C11H15O3P/c1-11(2)8-13-15(12)14-10(11)9-6-4-3-5-7-9/h3-7,10,12H,8H2,1-2H3/t10-,15?/m0/s1. The molecular weight excluding hydrogens is 211 g/mol. The van der Waals surface area contributed by atoms with Gasteiger partial charge in [-0.15, -0.1) is 0 Å². The van der Waals surface area contributed by atoms with Gasteiger partial charge in [0.15, 0.2) is 0 Å². The normalized spacial score (nSPS) is 30.1. The van der Waals surface area contributed by atoms with E-state index in [2.05, 4.69) is 13.8 Å². The largest absolute Gasteiger partial charge is 0.330 e. The Morgan fingerprint density at radius 3 is 2.67 bits per heavy atom. The molecule has 1 heterocycles. The van der Waals surface area contributed by atoms with Crippen LogP contribution >= 0.6 is 8.60 Å². The lowest BCUT2D eigenvalue weighted by atomic mass is 9.83. The van der Waals surface area contributed by atoms with E-state index < -0.39 is 8.60 Å². The average Bonchev–Trinajstić information content (AvgIpc) is 2.23. The molecule has 0 radical (unpaired) electrons. The Kier molecular flexibility index (Phi) is 3.08. The summed E-state index contributed by atoms with van der Waals surface area (Å²) < 4.78 is 10.6. The van der Waals surface area contributed by atoms with Crippen LogP contribution in [0.5, 0.6) is 0 Å². The van der Waals surface area contributed by atoms with Gasteiger partial charge in [0.05, 0.1) is 12.7 Å². The van der Waals surface area contributed by atoms with Crippen LogP contribution in [0.3, 0.4) is 0 Å². The number of benzene rings is 1. The molecule has 1 fully saturated rings. The molecule has 1 saturated heterocycles. The van der Waals surface area contributed by atoms with Gasteiger partial charge in [-0.05, 0) is 5.56 Å². The molecule has 0 spiro atoms. The van der Waals surface area contributed by atoms with Crippen molar-refractivity contribution >= 4 is 8.60 Å². The summed E-state index contributed by atoms with van der Waals surface area (Å²) in [6.07, 6.45) is -0.0939. The number of hydrogen-bond acceptors (Lipinski definition) is 3. The van der Waals surface area contributed by atoms with E-state index in [0.717, 1.165) is 5.56 Å². The molecule has 3 nitrogen and oxygen atoms in total. The Balaban J connectivity index is 2.26. The lowest BCUT2D eigenvalue weighted by molar-refractivity contribution is -0.0277. The van der Waals surface area contributed by atoms with Gasteiger partial charge in [0.1, 0.15) is 0 Å². The highest BCUT2D eigenvalue weighted by atomic mass is 31.2. The molecule has 1 N–H and O–H groups in total. The zero-order valence-corrected chi connectivity index (χ0v) is 9.78. The van der Waals surface area contributed by atoms with Gasteiger partial charge in [0.25, 0.3) is 0 Å². The van der Waals surface area contributed by atoms with Crippen molar-refractivity contribution < 1.29 is 13.9 Å². The van der Waals surface area contributed by atoms with Crippen molar-refractivity contribution in [2.45, 2.75) is 20.0 Å². The van der Waals surface area contributed by atoms with Gasteiger partial charge in [-0.25, -0.2) is 0 Å². The van der Waals surface area contributed by atoms with Gasteiger partial charge >= 0.3 is 8.60 Å². The Hall–Kier alpha value is -0.470. The molecule has 0 amide bonds. The third kappa shape index (κ3) is 2.37. The van der Waals surface area contributed by atoms with Crippen molar-refractivity contribution in [3.05, 3.63) is 35.9 Å². The Morgan fingerprint density at radius 2 is 2.00 bits per heavy atom. The van der Waals surface area contributed by atoms with Crippen molar-refractivity contribution in [1.82, 2.24) is 0 Å². The third-order valence-electron chi connectivity index (χ3n) is 2.55. The molecule has 0 aliphatic carbocycles. The predicted molar refractivity (Wildman–Crippen MR) is 59.1 cm³/mol. The zero-order chi connectivity index (χ0) is 10.9. The first kappa shape index (κ1) is 11.0. The third-order valence-corrected chi connectivity index (χ3v) is 3.30. The highest BCUT2D eigenvalue weighted by molar-refractivity contribution is 7.40. The van der Waals surface area contributed by atoms with Crippen LogP contribution in [0.15, 0.2) is 30.3 Å². The van der Waals surface area contributed by atoms with Gasteiger partial charge in [0.2, 0.25) is 0 Å². The van der Waals surface area contributed by atoms with Crippen LogP contribution in [0.2, 0.25) is 0 Å². The van der Waals surface area contributed by atoms with Gasteiger partial charge in [0, 0.05) is 5.41 Å². The second-order valence-electron chi connectivity index (χ2n) is 4.40. The molecule has 15 heavy (non-hydrogen) atoms. The van der Waals surface area contributed by atoms with Crippen LogP contribution in [0.4, 0.5) is 0 Å². The second-order valence-corrected chi connectivity index (χ2v) is 5.34. The Labute approximate surface area is 91.0 Å². The van der Waals surface area contributed by atoms with E-state index in [1.54, 1.807) is 0 Å². The number of rotatable bonds is 1. The summed E-state index contributed by atoms with van der Waals surface area (Å²) in [6.45, 7) is 4.68. The van der Waals surface area contributed by atoms with E-state index in [-0.39, 0.29) is 11.5 Å². The van der Waals surface area contributed by atoms with Crippen molar-refractivity contribution in [2.75, 3.05) is 6.61 Å². The minimum absolute atomic E-state index is 0.0939. The van der Waals surface area contributed by atoms with E-state index in [0.29, 0.717) is 6.61 Å². The van der Waals surface area contributed by atoms with Crippen LogP contribution in [0.1, 0.15) is 25.5 Å². The molecule has 1 aliphatic rings. The second kappa shape index (κ2) is 4.18. The zero-order valence-electron chi connectivity index (χ0n) is 8.88. The van der Waals surface area contributed by atoms with Gasteiger partial charge < -0.3 is 13.9 Å². The highest BCUT2D eigenvalue weighted by Gasteiger charge is 2.39. The summed E-state index contributed by atoms with van der Waals surface area (Å²) in [5.74, 6) is 0. The average molecular weight is 226 g/mol. The fourth-order valence-corrected chi connectivity index (χ4v) is 2.79. The molecule has 1 aromatic carbocycles. The first-order valence-electron chi connectivity index (χ1n) is 4.93. The molecule has 0 aromatic heterocycles. The highest BCUT2D eigenvalue weighted by Crippen LogP contribution is 2.52.